The second kappa shape index (κ2) is 2.61. The van der Waals surface area contributed by atoms with Gasteiger partial charge in [0.05, 0.1) is 11.9 Å². The highest BCUT2D eigenvalue weighted by atomic mass is 15.1. The lowest BCUT2D eigenvalue weighted by atomic mass is 9.81. The quantitative estimate of drug-likeness (QED) is 0.609. The molecule has 1 fully saturated rings. The normalized spacial score (nSPS) is 17.9. The first-order chi connectivity index (χ1) is 5.36. The Morgan fingerprint density at radius 3 is 2.82 bits per heavy atom. The zero-order chi connectivity index (χ0) is 7.68. The van der Waals surface area contributed by atoms with E-state index in [1.807, 2.05) is 13.1 Å². The molecule has 1 aromatic rings. The molecule has 1 aromatic heterocycles. The third-order valence-corrected chi connectivity index (χ3v) is 2.37. The van der Waals surface area contributed by atoms with Gasteiger partial charge in [-0.05, 0) is 37.3 Å². The number of hydrogen-bond acceptors (Lipinski definition) is 2. The lowest BCUT2D eigenvalue weighted by Gasteiger charge is -2.25. The minimum absolute atomic E-state index is 0.782. The summed E-state index contributed by atoms with van der Waals surface area (Å²) in [5.41, 5.74) is 2.41. The third-order valence-electron chi connectivity index (χ3n) is 2.37. The van der Waals surface area contributed by atoms with Crippen molar-refractivity contribution in [1.82, 2.24) is 10.2 Å². The van der Waals surface area contributed by atoms with E-state index in [0.29, 0.717) is 0 Å². The molecule has 0 aliphatic heterocycles. The van der Waals surface area contributed by atoms with Crippen molar-refractivity contribution in [3.8, 4) is 0 Å². The maximum absolute atomic E-state index is 3.94. The Morgan fingerprint density at radius 1 is 1.45 bits per heavy atom. The van der Waals surface area contributed by atoms with Crippen LogP contribution in [0.25, 0.3) is 0 Å². The van der Waals surface area contributed by atoms with Gasteiger partial charge in [-0.1, -0.05) is 6.42 Å². The van der Waals surface area contributed by atoms with Gasteiger partial charge in [0.2, 0.25) is 0 Å². The number of aromatic nitrogens is 2. The van der Waals surface area contributed by atoms with Crippen LogP contribution < -0.4 is 0 Å². The standard InChI is InChI=1S/C9H12N2/c1-7-5-9(6-10-11-7)8-3-2-4-8/h5-6,8H,2-4H2,1H3. The van der Waals surface area contributed by atoms with E-state index >= 15 is 0 Å². The predicted octanol–water partition coefficient (Wildman–Crippen LogP) is 2.05. The Hall–Kier alpha value is -0.920. The molecule has 0 saturated heterocycles. The summed E-state index contributed by atoms with van der Waals surface area (Å²) < 4.78 is 0. The molecule has 1 aliphatic carbocycles. The highest BCUT2D eigenvalue weighted by Crippen LogP contribution is 2.35. The second-order valence-electron chi connectivity index (χ2n) is 3.26. The van der Waals surface area contributed by atoms with Gasteiger partial charge >= 0.3 is 0 Å². The van der Waals surface area contributed by atoms with Crippen molar-refractivity contribution >= 4 is 0 Å². The Kier molecular flexibility index (Phi) is 1.60. The van der Waals surface area contributed by atoms with Crippen molar-refractivity contribution < 1.29 is 0 Å². The third kappa shape index (κ3) is 1.25. The number of nitrogens with zero attached hydrogens (tertiary/aromatic N) is 2. The molecule has 2 heteroatoms. The first kappa shape index (κ1) is 6.77. The lowest BCUT2D eigenvalue weighted by molar-refractivity contribution is 0.418. The Balaban J connectivity index is 2.23. The van der Waals surface area contributed by atoms with Gasteiger partial charge in [0.1, 0.15) is 0 Å². The first-order valence-electron chi connectivity index (χ1n) is 4.15. The van der Waals surface area contributed by atoms with Crippen LogP contribution in [0.4, 0.5) is 0 Å². The molecule has 0 spiro atoms. The summed E-state index contributed by atoms with van der Waals surface area (Å²) in [6, 6.07) is 2.15. The summed E-state index contributed by atoms with van der Waals surface area (Å²) in [4.78, 5) is 0. The van der Waals surface area contributed by atoms with Gasteiger partial charge in [0.15, 0.2) is 0 Å². The summed E-state index contributed by atoms with van der Waals surface area (Å²) in [5.74, 6) is 0.782. The second-order valence-corrected chi connectivity index (χ2v) is 3.26. The summed E-state index contributed by atoms with van der Waals surface area (Å²) in [6.07, 6.45) is 5.96. The van der Waals surface area contributed by atoms with Crippen LogP contribution in [0.5, 0.6) is 0 Å². The van der Waals surface area contributed by atoms with E-state index in [2.05, 4.69) is 16.3 Å². The van der Waals surface area contributed by atoms with Gasteiger partial charge in [0, 0.05) is 0 Å². The fourth-order valence-corrected chi connectivity index (χ4v) is 1.46. The molecular weight excluding hydrogens is 136 g/mol. The molecule has 1 heterocycles. The Morgan fingerprint density at radius 2 is 2.27 bits per heavy atom. The molecule has 58 valence electrons. The van der Waals surface area contributed by atoms with Crippen LogP contribution >= 0.6 is 0 Å². The van der Waals surface area contributed by atoms with E-state index in [-0.39, 0.29) is 0 Å². The van der Waals surface area contributed by atoms with Gasteiger partial charge in [-0.2, -0.15) is 10.2 Å². The summed E-state index contributed by atoms with van der Waals surface area (Å²) in [7, 11) is 0. The molecule has 0 unspecified atom stereocenters. The summed E-state index contributed by atoms with van der Waals surface area (Å²) in [6.45, 7) is 2.00. The summed E-state index contributed by atoms with van der Waals surface area (Å²) in [5, 5.41) is 7.87. The van der Waals surface area contributed by atoms with Crippen molar-refractivity contribution in [3.05, 3.63) is 23.5 Å². The predicted molar refractivity (Wildman–Crippen MR) is 43.4 cm³/mol. The van der Waals surface area contributed by atoms with E-state index in [1.54, 1.807) is 0 Å². The SMILES string of the molecule is Cc1cc(C2CCC2)cnn1. The van der Waals surface area contributed by atoms with Crippen molar-refractivity contribution in [2.24, 2.45) is 0 Å². The molecule has 0 atom stereocenters. The van der Waals surface area contributed by atoms with Gasteiger partial charge in [-0.15, -0.1) is 0 Å². The average molecular weight is 148 g/mol. The highest BCUT2D eigenvalue weighted by Gasteiger charge is 2.19. The Bertz CT molecular complexity index is 253. The van der Waals surface area contributed by atoms with Crippen molar-refractivity contribution in [2.75, 3.05) is 0 Å². The minimum Gasteiger partial charge on any atom is -0.159 e. The highest BCUT2D eigenvalue weighted by molar-refractivity contribution is 5.18. The molecule has 1 saturated carbocycles. The molecular formula is C9H12N2. The zero-order valence-electron chi connectivity index (χ0n) is 6.75. The summed E-state index contributed by atoms with van der Waals surface area (Å²) >= 11 is 0. The largest absolute Gasteiger partial charge is 0.159 e. The number of hydrogen-bond donors (Lipinski definition) is 0. The lowest BCUT2D eigenvalue weighted by Crippen LogP contribution is -2.09. The van der Waals surface area contributed by atoms with Crippen LogP contribution in [0.1, 0.15) is 36.4 Å². The maximum atomic E-state index is 3.94. The molecule has 0 amide bonds. The molecule has 0 radical (unpaired) electrons. The van der Waals surface area contributed by atoms with Crippen LogP contribution in [-0.4, -0.2) is 10.2 Å². The monoisotopic (exact) mass is 148 g/mol. The van der Waals surface area contributed by atoms with Crippen molar-refractivity contribution in [1.29, 1.82) is 0 Å². The molecule has 2 rings (SSSR count). The van der Waals surface area contributed by atoms with E-state index < -0.39 is 0 Å². The van der Waals surface area contributed by atoms with E-state index in [4.69, 9.17) is 0 Å². The zero-order valence-corrected chi connectivity index (χ0v) is 6.75. The van der Waals surface area contributed by atoms with Crippen LogP contribution in [0.15, 0.2) is 12.3 Å². The van der Waals surface area contributed by atoms with Gasteiger partial charge in [-0.25, -0.2) is 0 Å². The van der Waals surface area contributed by atoms with E-state index in [9.17, 15) is 0 Å². The Labute approximate surface area is 66.7 Å². The number of aryl methyl sites for hydroxylation is 1. The van der Waals surface area contributed by atoms with Crippen LogP contribution in [0.2, 0.25) is 0 Å². The number of rotatable bonds is 1. The average Bonchev–Trinajstić information content (AvgIpc) is 1.83. The van der Waals surface area contributed by atoms with Crippen LogP contribution in [0.3, 0.4) is 0 Å². The van der Waals surface area contributed by atoms with Crippen LogP contribution in [0, 0.1) is 6.92 Å². The molecule has 0 bridgehead atoms. The fraction of sp³-hybridized carbons (Fsp3) is 0.556. The molecule has 0 N–H and O–H groups in total. The van der Waals surface area contributed by atoms with Crippen LogP contribution in [-0.2, 0) is 0 Å². The van der Waals surface area contributed by atoms with E-state index in [1.165, 1.54) is 24.8 Å². The van der Waals surface area contributed by atoms with Gasteiger partial charge in [-0.3, -0.25) is 0 Å². The molecule has 1 aliphatic rings. The maximum Gasteiger partial charge on any atom is 0.0603 e. The fourth-order valence-electron chi connectivity index (χ4n) is 1.46. The molecule has 11 heavy (non-hydrogen) atoms. The molecule has 2 nitrogen and oxygen atoms in total. The first-order valence-corrected chi connectivity index (χ1v) is 4.15. The molecule has 0 aromatic carbocycles. The smallest absolute Gasteiger partial charge is 0.0603 e. The van der Waals surface area contributed by atoms with Crippen molar-refractivity contribution in [3.63, 3.8) is 0 Å². The minimum atomic E-state index is 0.782. The van der Waals surface area contributed by atoms with Crippen molar-refractivity contribution in [2.45, 2.75) is 32.1 Å². The van der Waals surface area contributed by atoms with E-state index in [0.717, 1.165) is 11.6 Å². The topological polar surface area (TPSA) is 25.8 Å². The van der Waals surface area contributed by atoms with Gasteiger partial charge in [0.25, 0.3) is 0 Å². The van der Waals surface area contributed by atoms with Gasteiger partial charge < -0.3 is 0 Å².